The van der Waals surface area contributed by atoms with E-state index in [4.69, 9.17) is 11.6 Å². The maximum atomic E-state index is 13.7. The third kappa shape index (κ3) is 5.39. The molecule has 41 heavy (non-hydrogen) atoms. The summed E-state index contributed by atoms with van der Waals surface area (Å²) in [5.41, 5.74) is 7.21. The number of aromatic nitrogens is 1. The molecule has 2 aromatic carbocycles. The van der Waals surface area contributed by atoms with Gasteiger partial charge in [-0.1, -0.05) is 35.9 Å². The summed E-state index contributed by atoms with van der Waals surface area (Å²) in [6, 6.07) is 17.2. The lowest BCUT2D eigenvalue weighted by Gasteiger charge is -2.14. The van der Waals surface area contributed by atoms with Crippen LogP contribution in [0, 0.1) is 20.8 Å². The number of hydrogen-bond donors (Lipinski definition) is 2. The lowest BCUT2D eigenvalue weighted by Crippen LogP contribution is -2.19. The van der Waals surface area contributed by atoms with E-state index in [-0.39, 0.29) is 11.8 Å². The maximum Gasteiger partial charge on any atom is 0.264 e. The van der Waals surface area contributed by atoms with Crippen LogP contribution in [0.15, 0.2) is 64.5 Å². The SMILES string of the molecule is Cc1c(Cl)cccc1N=C1NC(=O)/C(=C/c2cc(C)n(-c3sc4c(c3C(=O)Nc3ccccc3)CCCC4)c2C)S1. The van der Waals surface area contributed by atoms with E-state index in [9.17, 15) is 9.59 Å². The Bertz CT molecular complexity index is 1750. The first-order valence-electron chi connectivity index (χ1n) is 13.5. The normalized spacial score (nSPS) is 16.7. The second kappa shape index (κ2) is 11.4. The highest BCUT2D eigenvalue weighted by molar-refractivity contribution is 8.18. The molecule has 1 fully saturated rings. The fourth-order valence-corrected chi connectivity index (χ4v) is 7.85. The van der Waals surface area contributed by atoms with Gasteiger partial charge in [0.05, 0.1) is 16.2 Å². The molecule has 6 rings (SSSR count). The average molecular weight is 601 g/mol. The van der Waals surface area contributed by atoms with Gasteiger partial charge in [0.2, 0.25) is 0 Å². The standard InChI is InChI=1S/C32H29ClN4O2S2/c1-18-16-21(17-27-29(38)36-32(41-27)35-25-14-9-13-24(33)19(25)2)20(3)37(18)31-28(23-12-7-8-15-26(23)40-31)30(39)34-22-10-5-4-6-11-22/h4-6,9-11,13-14,16-17H,7-8,12,15H2,1-3H3,(H,34,39)(H,35,36,38)/b27-17-. The number of thioether (sulfide) groups is 1. The first kappa shape index (κ1) is 27.6. The number of amides is 2. The van der Waals surface area contributed by atoms with E-state index in [1.54, 1.807) is 11.3 Å². The smallest absolute Gasteiger partial charge is 0.264 e. The van der Waals surface area contributed by atoms with Crippen molar-refractivity contribution in [3.05, 3.63) is 103 Å². The molecule has 2 aliphatic rings. The van der Waals surface area contributed by atoms with Crippen molar-refractivity contribution in [3.63, 3.8) is 0 Å². The first-order chi connectivity index (χ1) is 19.8. The Morgan fingerprint density at radius 2 is 1.85 bits per heavy atom. The number of benzene rings is 2. The van der Waals surface area contributed by atoms with Crippen molar-refractivity contribution in [2.24, 2.45) is 4.99 Å². The van der Waals surface area contributed by atoms with Crippen LogP contribution in [-0.2, 0) is 17.6 Å². The monoisotopic (exact) mass is 600 g/mol. The lowest BCUT2D eigenvalue weighted by molar-refractivity contribution is -0.115. The average Bonchev–Trinajstić information content (AvgIpc) is 3.59. The number of aliphatic imine (C=N–C) groups is 1. The highest BCUT2D eigenvalue weighted by atomic mass is 35.5. The van der Waals surface area contributed by atoms with Crippen LogP contribution in [0.3, 0.4) is 0 Å². The summed E-state index contributed by atoms with van der Waals surface area (Å²) in [4.78, 5) is 33.1. The minimum Gasteiger partial charge on any atom is -0.322 e. The lowest BCUT2D eigenvalue weighted by atomic mass is 9.95. The van der Waals surface area contributed by atoms with Crippen molar-refractivity contribution in [2.75, 3.05) is 5.32 Å². The molecule has 1 aliphatic carbocycles. The van der Waals surface area contributed by atoms with Gasteiger partial charge in [0, 0.05) is 27.0 Å². The summed E-state index contributed by atoms with van der Waals surface area (Å²) < 4.78 is 2.16. The molecule has 9 heteroatoms. The van der Waals surface area contributed by atoms with Crippen LogP contribution in [0.5, 0.6) is 0 Å². The number of nitrogens with zero attached hydrogens (tertiary/aromatic N) is 2. The fourth-order valence-electron chi connectivity index (χ4n) is 5.35. The molecule has 0 bridgehead atoms. The Morgan fingerprint density at radius 1 is 1.07 bits per heavy atom. The molecular weight excluding hydrogens is 572 g/mol. The van der Waals surface area contributed by atoms with E-state index in [0.29, 0.717) is 15.1 Å². The summed E-state index contributed by atoms with van der Waals surface area (Å²) in [6.45, 7) is 5.99. The molecule has 2 aromatic heterocycles. The van der Waals surface area contributed by atoms with Gasteiger partial charge in [-0.05, 0) is 111 Å². The van der Waals surface area contributed by atoms with Gasteiger partial charge in [0.1, 0.15) is 5.00 Å². The highest BCUT2D eigenvalue weighted by Gasteiger charge is 2.29. The highest BCUT2D eigenvalue weighted by Crippen LogP contribution is 2.40. The molecular formula is C32H29ClN4O2S2. The first-order valence-corrected chi connectivity index (χ1v) is 15.6. The number of aryl methyl sites for hydroxylation is 2. The molecule has 0 atom stereocenters. The Hall–Kier alpha value is -3.59. The molecule has 0 unspecified atom stereocenters. The molecule has 1 aliphatic heterocycles. The predicted molar refractivity (Wildman–Crippen MR) is 171 cm³/mol. The number of carbonyl (C=O) groups excluding carboxylic acids is 2. The predicted octanol–water partition coefficient (Wildman–Crippen LogP) is 8.14. The van der Waals surface area contributed by atoms with Crippen molar-refractivity contribution < 1.29 is 9.59 Å². The molecule has 0 radical (unpaired) electrons. The van der Waals surface area contributed by atoms with Gasteiger partial charge in [0.15, 0.2) is 5.17 Å². The van der Waals surface area contributed by atoms with Gasteiger partial charge in [-0.25, -0.2) is 4.99 Å². The van der Waals surface area contributed by atoms with Gasteiger partial charge in [-0.3, -0.25) is 9.59 Å². The quantitative estimate of drug-likeness (QED) is 0.227. The maximum absolute atomic E-state index is 13.7. The largest absolute Gasteiger partial charge is 0.322 e. The van der Waals surface area contributed by atoms with E-state index in [1.165, 1.54) is 22.2 Å². The van der Waals surface area contributed by atoms with Crippen LogP contribution in [-0.4, -0.2) is 21.5 Å². The van der Waals surface area contributed by atoms with Gasteiger partial charge in [-0.2, -0.15) is 0 Å². The summed E-state index contributed by atoms with van der Waals surface area (Å²) in [5.74, 6) is -0.270. The van der Waals surface area contributed by atoms with Crippen LogP contribution in [0.1, 0.15) is 56.2 Å². The molecule has 4 aromatic rings. The van der Waals surface area contributed by atoms with E-state index in [1.807, 2.05) is 75.4 Å². The molecule has 0 spiro atoms. The van der Waals surface area contributed by atoms with Crippen LogP contribution in [0.2, 0.25) is 5.02 Å². The van der Waals surface area contributed by atoms with E-state index in [2.05, 4.69) is 26.3 Å². The Balaban J connectivity index is 1.36. The van der Waals surface area contributed by atoms with Crippen molar-refractivity contribution in [2.45, 2.75) is 46.5 Å². The van der Waals surface area contributed by atoms with Gasteiger partial charge in [-0.15, -0.1) is 11.3 Å². The fraction of sp³-hybridized carbons (Fsp3) is 0.219. The van der Waals surface area contributed by atoms with Crippen molar-refractivity contribution in [1.82, 2.24) is 9.88 Å². The van der Waals surface area contributed by atoms with Crippen molar-refractivity contribution in [3.8, 4) is 5.00 Å². The molecule has 6 nitrogen and oxygen atoms in total. The third-order valence-electron chi connectivity index (χ3n) is 7.48. The number of anilines is 1. The van der Waals surface area contributed by atoms with Crippen LogP contribution >= 0.6 is 34.7 Å². The van der Waals surface area contributed by atoms with Gasteiger partial charge < -0.3 is 15.2 Å². The number of para-hydroxylation sites is 1. The molecule has 3 heterocycles. The Kier molecular flexibility index (Phi) is 7.64. The summed E-state index contributed by atoms with van der Waals surface area (Å²) in [5, 5.41) is 8.08. The van der Waals surface area contributed by atoms with Gasteiger partial charge >= 0.3 is 0 Å². The number of halogens is 1. The topological polar surface area (TPSA) is 75.5 Å². The second-order valence-corrected chi connectivity index (χ2v) is 12.8. The number of thiophene rings is 1. The molecule has 2 amide bonds. The number of fused-ring (bicyclic) bond motifs is 1. The molecule has 2 N–H and O–H groups in total. The zero-order valence-corrected chi connectivity index (χ0v) is 25.4. The number of hydrogen-bond acceptors (Lipinski definition) is 5. The van der Waals surface area contributed by atoms with Crippen LogP contribution in [0.25, 0.3) is 11.1 Å². The number of nitrogens with one attached hydrogen (secondary N) is 2. The Labute approximate surface area is 252 Å². The molecule has 0 saturated carbocycles. The van der Waals surface area contributed by atoms with Crippen molar-refractivity contribution >= 4 is 69.1 Å². The zero-order chi connectivity index (χ0) is 28.7. The summed E-state index contributed by atoms with van der Waals surface area (Å²) in [6.07, 6.45) is 6.03. The third-order valence-corrected chi connectivity index (χ3v) is 10.1. The minimum atomic E-state index is -0.187. The molecule has 208 valence electrons. The van der Waals surface area contributed by atoms with Gasteiger partial charge in [0.25, 0.3) is 11.8 Å². The summed E-state index contributed by atoms with van der Waals surface area (Å²) >= 11 is 9.27. The van der Waals surface area contributed by atoms with E-state index in [0.717, 1.165) is 70.1 Å². The van der Waals surface area contributed by atoms with Crippen LogP contribution < -0.4 is 10.6 Å². The number of amidine groups is 1. The second-order valence-electron chi connectivity index (χ2n) is 10.2. The van der Waals surface area contributed by atoms with E-state index >= 15 is 0 Å². The molecule has 1 saturated heterocycles. The number of carbonyl (C=O) groups is 2. The zero-order valence-electron chi connectivity index (χ0n) is 23.0. The Morgan fingerprint density at radius 3 is 2.66 bits per heavy atom. The minimum absolute atomic E-state index is 0.0825. The number of rotatable bonds is 5. The van der Waals surface area contributed by atoms with Crippen LogP contribution in [0.4, 0.5) is 11.4 Å². The van der Waals surface area contributed by atoms with Crippen molar-refractivity contribution in [1.29, 1.82) is 0 Å². The summed E-state index contributed by atoms with van der Waals surface area (Å²) in [7, 11) is 0. The van der Waals surface area contributed by atoms with E-state index < -0.39 is 0 Å².